The van der Waals surface area contributed by atoms with E-state index in [9.17, 15) is 0 Å². The average Bonchev–Trinajstić information content (AvgIpc) is 3.62. The van der Waals surface area contributed by atoms with Gasteiger partial charge < -0.3 is 19.5 Å². The van der Waals surface area contributed by atoms with Gasteiger partial charge in [0.1, 0.15) is 42.1 Å². The Bertz CT molecular complexity index is 1660. The Morgan fingerprint density at radius 3 is 2.33 bits per heavy atom. The number of aromatic nitrogens is 4. The van der Waals surface area contributed by atoms with Crippen molar-refractivity contribution in [3.63, 3.8) is 0 Å². The molecule has 0 amide bonds. The third-order valence-electron chi connectivity index (χ3n) is 7.64. The highest BCUT2D eigenvalue weighted by Crippen LogP contribution is 2.35. The number of rotatable bonds is 11. The number of hydrogen-bond donors (Lipinski definition) is 1. The molecule has 0 spiro atoms. The maximum atomic E-state index is 6.58. The second-order valence-corrected chi connectivity index (χ2v) is 11.4. The topological polar surface area (TPSA) is 83.3 Å². The van der Waals surface area contributed by atoms with E-state index < -0.39 is 0 Å². The van der Waals surface area contributed by atoms with Gasteiger partial charge in [-0.05, 0) is 68.7 Å². The molecule has 6 rings (SSSR count). The number of halogens is 1. The van der Waals surface area contributed by atoms with Gasteiger partial charge in [0.2, 0.25) is 5.95 Å². The zero-order valence-electron chi connectivity index (χ0n) is 24.7. The highest BCUT2D eigenvalue weighted by molar-refractivity contribution is 6.33. The summed E-state index contributed by atoms with van der Waals surface area (Å²) in [7, 11) is 0. The van der Waals surface area contributed by atoms with Gasteiger partial charge in [0.05, 0.1) is 6.33 Å². The normalized spacial score (nSPS) is 18.2. The molecular formula is C34H36ClN5O3. The van der Waals surface area contributed by atoms with E-state index in [1.54, 1.807) is 6.33 Å². The largest absolute Gasteiger partial charge is 0.491 e. The molecular weight excluding hydrogens is 562 g/mol. The van der Waals surface area contributed by atoms with Crippen LogP contribution in [0.4, 0.5) is 11.6 Å². The molecule has 3 aromatic carbocycles. The molecule has 1 aliphatic rings. The van der Waals surface area contributed by atoms with Crippen molar-refractivity contribution in [3.05, 3.63) is 101 Å². The molecule has 222 valence electrons. The zero-order valence-corrected chi connectivity index (χ0v) is 25.4. The molecule has 0 saturated carbocycles. The van der Waals surface area contributed by atoms with E-state index in [1.807, 2.05) is 65.2 Å². The second kappa shape index (κ2) is 13.0. The Hall–Kier alpha value is -4.14. The van der Waals surface area contributed by atoms with Crippen molar-refractivity contribution < 1.29 is 14.2 Å². The predicted molar refractivity (Wildman–Crippen MR) is 169 cm³/mol. The van der Waals surface area contributed by atoms with Gasteiger partial charge in [0.25, 0.3) is 0 Å². The first-order valence-electron chi connectivity index (χ1n) is 14.8. The van der Waals surface area contributed by atoms with E-state index in [4.69, 9.17) is 30.8 Å². The van der Waals surface area contributed by atoms with Crippen LogP contribution in [0.2, 0.25) is 5.15 Å². The Morgan fingerprint density at radius 2 is 1.63 bits per heavy atom. The molecule has 3 heterocycles. The number of nitrogens with one attached hydrogen (secondary N) is 1. The summed E-state index contributed by atoms with van der Waals surface area (Å²) in [4.78, 5) is 13.8. The summed E-state index contributed by atoms with van der Waals surface area (Å²) < 4.78 is 21.0. The van der Waals surface area contributed by atoms with Crippen LogP contribution in [0, 0.1) is 13.8 Å². The van der Waals surface area contributed by atoms with Gasteiger partial charge in [0, 0.05) is 12.1 Å². The van der Waals surface area contributed by atoms with Crippen molar-refractivity contribution in [2.45, 2.75) is 64.9 Å². The molecule has 0 aliphatic carbocycles. The van der Waals surface area contributed by atoms with Crippen LogP contribution < -0.4 is 14.8 Å². The van der Waals surface area contributed by atoms with E-state index in [-0.39, 0.29) is 23.6 Å². The van der Waals surface area contributed by atoms with Crippen LogP contribution in [0.3, 0.4) is 0 Å². The van der Waals surface area contributed by atoms with E-state index in [1.165, 1.54) is 29.5 Å². The van der Waals surface area contributed by atoms with Crippen molar-refractivity contribution in [1.29, 1.82) is 0 Å². The number of ether oxygens (including phenoxy) is 3. The van der Waals surface area contributed by atoms with Crippen LogP contribution in [0.1, 0.15) is 49.1 Å². The lowest BCUT2D eigenvalue weighted by Gasteiger charge is -2.20. The predicted octanol–water partition coefficient (Wildman–Crippen LogP) is 8.00. The average molecular weight is 598 g/mol. The van der Waals surface area contributed by atoms with Gasteiger partial charge in [-0.3, -0.25) is 4.57 Å². The fourth-order valence-electron chi connectivity index (χ4n) is 5.16. The van der Waals surface area contributed by atoms with Crippen molar-refractivity contribution in [1.82, 2.24) is 19.5 Å². The summed E-state index contributed by atoms with van der Waals surface area (Å²) in [5.74, 6) is 1.96. The molecule has 1 saturated heterocycles. The number of fused-ring (bicyclic) bond motifs is 1. The summed E-state index contributed by atoms with van der Waals surface area (Å²) in [5, 5.41) is 3.57. The number of benzene rings is 3. The van der Waals surface area contributed by atoms with Crippen molar-refractivity contribution in [2.24, 2.45) is 0 Å². The minimum absolute atomic E-state index is 0.253. The van der Waals surface area contributed by atoms with Crippen LogP contribution in [0.5, 0.6) is 11.5 Å². The smallest absolute Gasteiger partial charge is 0.230 e. The molecule has 5 aromatic rings. The molecule has 0 bridgehead atoms. The van der Waals surface area contributed by atoms with E-state index >= 15 is 0 Å². The molecule has 2 aromatic heterocycles. The van der Waals surface area contributed by atoms with Crippen molar-refractivity contribution >= 4 is 34.4 Å². The van der Waals surface area contributed by atoms with Crippen LogP contribution in [-0.4, -0.2) is 38.3 Å². The first-order chi connectivity index (χ1) is 20.9. The fraction of sp³-hybridized carbons (Fsp3) is 0.324. The molecule has 9 heteroatoms. The monoisotopic (exact) mass is 597 g/mol. The van der Waals surface area contributed by atoms with E-state index in [0.717, 1.165) is 23.6 Å². The Labute approximate surface area is 257 Å². The van der Waals surface area contributed by atoms with Crippen molar-refractivity contribution in [3.8, 4) is 11.5 Å². The lowest BCUT2D eigenvalue weighted by Crippen LogP contribution is -2.32. The highest BCUT2D eigenvalue weighted by Gasteiger charge is 2.39. The van der Waals surface area contributed by atoms with Crippen LogP contribution in [0.15, 0.2) is 79.1 Å². The van der Waals surface area contributed by atoms with Crippen molar-refractivity contribution in [2.75, 3.05) is 11.9 Å². The van der Waals surface area contributed by atoms with Gasteiger partial charge in [-0.2, -0.15) is 9.97 Å². The zero-order chi connectivity index (χ0) is 29.8. The third kappa shape index (κ3) is 6.92. The molecule has 0 unspecified atom stereocenters. The number of anilines is 2. The fourth-order valence-corrected chi connectivity index (χ4v) is 5.38. The first-order valence-corrected chi connectivity index (χ1v) is 15.2. The quantitative estimate of drug-likeness (QED) is 0.154. The van der Waals surface area contributed by atoms with Gasteiger partial charge in [-0.15, -0.1) is 0 Å². The van der Waals surface area contributed by atoms with Gasteiger partial charge in [0.15, 0.2) is 10.8 Å². The molecule has 1 fully saturated rings. The highest BCUT2D eigenvalue weighted by atomic mass is 35.5. The molecule has 1 N–H and O–H groups in total. The van der Waals surface area contributed by atoms with Gasteiger partial charge in [-0.1, -0.05) is 72.5 Å². The van der Waals surface area contributed by atoms with Crippen LogP contribution in [0.25, 0.3) is 11.2 Å². The number of hydrogen-bond acceptors (Lipinski definition) is 7. The van der Waals surface area contributed by atoms with E-state index in [2.05, 4.69) is 48.2 Å². The number of unbranched alkanes of at least 4 members (excludes halogenated alkanes) is 1. The molecule has 43 heavy (non-hydrogen) atoms. The number of imidazole rings is 1. The number of nitrogens with zero attached hydrogens (tertiary/aromatic N) is 4. The maximum Gasteiger partial charge on any atom is 0.230 e. The summed E-state index contributed by atoms with van der Waals surface area (Å²) in [6.07, 6.45) is 4.72. The minimum Gasteiger partial charge on any atom is -0.491 e. The SMILES string of the molecule is CCCCc1ccc(Nc2nc(Cl)c3ncn([C@H]4C[C@H](Oc5ccc(C)cc5)[C@H](COc5ccc(C)cc5)O4)c3n2)cc1. The van der Waals surface area contributed by atoms with Crippen LogP contribution >= 0.6 is 11.6 Å². The Balaban J connectivity index is 1.23. The summed E-state index contributed by atoms with van der Waals surface area (Å²) >= 11 is 6.58. The second-order valence-electron chi connectivity index (χ2n) is 11.0. The third-order valence-corrected chi connectivity index (χ3v) is 7.91. The standard InChI is InChI=1S/C34H36ClN5O3/c1-4-5-6-24-11-13-25(14-12-24)37-34-38-32(35)31-33(39-34)40(21-36-31)30-19-28(42-27-17-9-23(3)10-18-27)29(43-30)20-41-26-15-7-22(2)8-16-26/h7-18,21,28-30H,4-6,19-20H2,1-3H3,(H,37,38,39)/t28-,29-,30+/m0/s1. The van der Waals surface area contributed by atoms with Gasteiger partial charge >= 0.3 is 0 Å². The first kappa shape index (κ1) is 29.0. The summed E-state index contributed by atoms with van der Waals surface area (Å²) in [6.45, 7) is 6.64. The minimum atomic E-state index is -0.385. The molecule has 1 aliphatic heterocycles. The summed E-state index contributed by atoms with van der Waals surface area (Å²) in [6, 6.07) is 24.4. The lowest BCUT2D eigenvalue weighted by molar-refractivity contribution is -0.0341. The lowest BCUT2D eigenvalue weighted by atomic mass is 10.1. The molecule has 0 radical (unpaired) electrons. The van der Waals surface area contributed by atoms with E-state index in [0.29, 0.717) is 30.1 Å². The Morgan fingerprint density at radius 1 is 0.930 bits per heavy atom. The van der Waals surface area contributed by atoms with Crippen LogP contribution in [-0.2, 0) is 11.2 Å². The molecule has 8 nitrogen and oxygen atoms in total. The summed E-state index contributed by atoms with van der Waals surface area (Å²) in [5.41, 5.74) is 5.64. The Kier molecular flexibility index (Phi) is 8.77. The van der Waals surface area contributed by atoms with Gasteiger partial charge in [-0.25, -0.2) is 4.98 Å². The maximum absolute atomic E-state index is 6.58. The molecule has 3 atom stereocenters. The number of aryl methyl sites for hydroxylation is 3.